The lowest BCUT2D eigenvalue weighted by Gasteiger charge is -2.46. The van der Waals surface area contributed by atoms with Crippen LogP contribution in [0.15, 0.2) is 36.5 Å². The normalized spacial score (nSPS) is 27.5. The highest BCUT2D eigenvalue weighted by Crippen LogP contribution is 2.30. The van der Waals surface area contributed by atoms with Gasteiger partial charge in [0.15, 0.2) is 12.6 Å². The van der Waals surface area contributed by atoms with Crippen LogP contribution >= 0.6 is 0 Å². The van der Waals surface area contributed by atoms with Gasteiger partial charge in [-0.1, -0.05) is 159 Å². The van der Waals surface area contributed by atoms with Crippen LogP contribution in [0.2, 0.25) is 0 Å². The smallest absolute Gasteiger partial charge is 0.220 e. The molecule has 12 atom stereocenters. The molecule has 1 amide bonds. The molecule has 0 aromatic heterocycles. The standard InChI is InChI=1S/C50H91NO13/c1-3-5-7-9-11-13-15-16-17-18-19-20-21-22-23-24-25-27-29-31-33-39(54)38(51-42(55)34-32-30-28-26-14-12-10-8-6-4-2)37-61-49-47(60)45(58)48(41(36-53)63-49)64-50-46(59)44(57)43(56)40(35-52)62-50/h8,10,24-25,31,33,38-41,43-50,52-54,56-60H,3-7,9,11-23,26-30,32,34-37H2,1-2H3,(H,51,55)/b10-8-,25-24+,33-31+. The van der Waals surface area contributed by atoms with E-state index in [1.54, 1.807) is 6.08 Å². The van der Waals surface area contributed by atoms with Gasteiger partial charge in [-0.15, -0.1) is 0 Å². The van der Waals surface area contributed by atoms with E-state index in [0.29, 0.717) is 12.8 Å². The highest BCUT2D eigenvalue weighted by atomic mass is 16.7. The molecule has 2 saturated heterocycles. The van der Waals surface area contributed by atoms with E-state index in [1.807, 2.05) is 6.08 Å². The first-order valence-corrected chi connectivity index (χ1v) is 25.2. The summed E-state index contributed by atoms with van der Waals surface area (Å²) in [5.41, 5.74) is 0. The average Bonchev–Trinajstić information content (AvgIpc) is 3.29. The molecule has 0 spiro atoms. The van der Waals surface area contributed by atoms with Crippen LogP contribution in [0.25, 0.3) is 0 Å². The molecule has 2 heterocycles. The third-order valence-electron chi connectivity index (χ3n) is 12.3. The lowest BCUT2D eigenvalue weighted by atomic mass is 9.97. The van der Waals surface area contributed by atoms with Gasteiger partial charge in [-0.05, 0) is 51.4 Å². The fraction of sp³-hybridized carbons (Fsp3) is 0.860. The molecule has 2 aliphatic heterocycles. The summed E-state index contributed by atoms with van der Waals surface area (Å²) in [5.74, 6) is -0.263. The van der Waals surface area contributed by atoms with Crippen molar-refractivity contribution in [2.45, 2.75) is 254 Å². The maximum atomic E-state index is 13.1. The molecular weight excluding hydrogens is 823 g/mol. The molecule has 2 aliphatic rings. The summed E-state index contributed by atoms with van der Waals surface area (Å²) in [6.45, 7) is 2.68. The van der Waals surface area contributed by atoms with Crippen molar-refractivity contribution in [1.82, 2.24) is 5.32 Å². The number of aliphatic hydroxyl groups is 8. The van der Waals surface area contributed by atoms with E-state index in [4.69, 9.17) is 18.9 Å². The number of aliphatic hydroxyl groups excluding tert-OH is 8. The van der Waals surface area contributed by atoms with Crippen molar-refractivity contribution in [2.24, 2.45) is 0 Å². The second-order valence-corrected chi connectivity index (χ2v) is 17.9. The first kappa shape index (κ1) is 58.3. The van der Waals surface area contributed by atoms with Crippen molar-refractivity contribution >= 4 is 5.91 Å². The van der Waals surface area contributed by atoms with Gasteiger partial charge >= 0.3 is 0 Å². The topological polar surface area (TPSA) is 228 Å². The van der Waals surface area contributed by atoms with Crippen LogP contribution in [0.3, 0.4) is 0 Å². The first-order valence-electron chi connectivity index (χ1n) is 25.2. The average molecular weight is 914 g/mol. The van der Waals surface area contributed by atoms with E-state index in [2.05, 4.69) is 43.5 Å². The highest BCUT2D eigenvalue weighted by molar-refractivity contribution is 5.76. The van der Waals surface area contributed by atoms with E-state index in [-0.39, 0.29) is 18.9 Å². The number of carbonyl (C=O) groups excluding carboxylic acids is 1. The van der Waals surface area contributed by atoms with Crippen LogP contribution < -0.4 is 5.32 Å². The predicted molar refractivity (Wildman–Crippen MR) is 249 cm³/mol. The molecule has 14 heteroatoms. The van der Waals surface area contributed by atoms with Crippen LogP contribution in [0, 0.1) is 0 Å². The number of rotatable bonds is 38. The van der Waals surface area contributed by atoms with Crippen molar-refractivity contribution in [2.75, 3.05) is 19.8 Å². The van der Waals surface area contributed by atoms with Crippen LogP contribution in [0.1, 0.15) is 181 Å². The summed E-state index contributed by atoms with van der Waals surface area (Å²) in [7, 11) is 0. The number of nitrogens with one attached hydrogen (secondary N) is 1. The Kier molecular flexibility index (Phi) is 33.9. The van der Waals surface area contributed by atoms with E-state index in [0.717, 1.165) is 57.8 Å². The molecule has 0 radical (unpaired) electrons. The number of allylic oxidation sites excluding steroid dienone is 5. The minimum absolute atomic E-state index is 0.262. The SMILES string of the molecule is CCC/C=C\CCCCCCCC(=O)NC(COC1OC(CO)C(OC2OC(CO)C(O)C(O)C2O)C(O)C1O)C(O)/C=C/CC/C=C/CCCCCCCCCCCCCCCC. The van der Waals surface area contributed by atoms with E-state index in [9.17, 15) is 45.6 Å². The molecule has 14 nitrogen and oxygen atoms in total. The quantitative estimate of drug-likeness (QED) is 0.0244. The molecule has 0 aromatic carbocycles. The summed E-state index contributed by atoms with van der Waals surface area (Å²) in [6.07, 6.45) is 24.9. The maximum absolute atomic E-state index is 13.1. The second-order valence-electron chi connectivity index (χ2n) is 17.9. The minimum atomic E-state index is -1.79. The number of carbonyl (C=O) groups is 1. The Morgan fingerprint density at radius 3 is 1.59 bits per heavy atom. The number of hydrogen-bond donors (Lipinski definition) is 9. The monoisotopic (exact) mass is 914 g/mol. The van der Waals surface area contributed by atoms with Crippen molar-refractivity contribution in [3.63, 3.8) is 0 Å². The Morgan fingerprint density at radius 2 is 1.03 bits per heavy atom. The van der Waals surface area contributed by atoms with E-state index < -0.39 is 86.8 Å². The molecule has 12 unspecified atom stereocenters. The molecule has 64 heavy (non-hydrogen) atoms. The largest absolute Gasteiger partial charge is 0.394 e. The van der Waals surface area contributed by atoms with Crippen molar-refractivity contribution in [1.29, 1.82) is 0 Å². The van der Waals surface area contributed by atoms with Gasteiger partial charge in [0.1, 0.15) is 48.8 Å². The second kappa shape index (κ2) is 37.2. The number of amides is 1. The molecule has 9 N–H and O–H groups in total. The van der Waals surface area contributed by atoms with Crippen LogP contribution in [-0.2, 0) is 23.7 Å². The number of unbranched alkanes of at least 4 members (excludes halogenated alkanes) is 21. The third-order valence-corrected chi connectivity index (χ3v) is 12.3. The maximum Gasteiger partial charge on any atom is 0.220 e. The number of hydrogen-bond acceptors (Lipinski definition) is 13. The number of ether oxygens (including phenoxy) is 4. The molecule has 374 valence electrons. The Labute approximate surface area is 385 Å². The zero-order chi connectivity index (χ0) is 46.8. The molecule has 2 rings (SSSR count). The van der Waals surface area contributed by atoms with Crippen LogP contribution in [-0.4, -0.2) is 140 Å². The van der Waals surface area contributed by atoms with Gasteiger partial charge in [-0.3, -0.25) is 4.79 Å². The predicted octanol–water partition coefficient (Wildman–Crippen LogP) is 6.32. The van der Waals surface area contributed by atoms with E-state index in [1.165, 1.54) is 89.9 Å². The summed E-state index contributed by atoms with van der Waals surface area (Å²) in [4.78, 5) is 13.1. The Bertz CT molecular complexity index is 1220. The first-order chi connectivity index (χ1) is 31.1. The zero-order valence-corrected chi connectivity index (χ0v) is 39.5. The van der Waals surface area contributed by atoms with Gasteiger partial charge < -0.3 is 65.1 Å². The molecule has 0 saturated carbocycles. The van der Waals surface area contributed by atoms with Crippen LogP contribution in [0.5, 0.6) is 0 Å². The summed E-state index contributed by atoms with van der Waals surface area (Å²) < 4.78 is 22.6. The highest BCUT2D eigenvalue weighted by Gasteiger charge is 2.51. The third kappa shape index (κ3) is 24.3. The van der Waals surface area contributed by atoms with Gasteiger partial charge in [0, 0.05) is 6.42 Å². The fourth-order valence-electron chi connectivity index (χ4n) is 8.13. The zero-order valence-electron chi connectivity index (χ0n) is 39.5. The Morgan fingerprint density at radius 1 is 0.547 bits per heavy atom. The van der Waals surface area contributed by atoms with Crippen molar-refractivity contribution in [3.05, 3.63) is 36.5 Å². The van der Waals surface area contributed by atoms with Gasteiger partial charge in [-0.2, -0.15) is 0 Å². The summed E-state index contributed by atoms with van der Waals surface area (Å²) in [6, 6.07) is -0.932. The lowest BCUT2D eigenvalue weighted by Crippen LogP contribution is -2.65. The lowest BCUT2D eigenvalue weighted by molar-refractivity contribution is -0.359. The fourth-order valence-corrected chi connectivity index (χ4v) is 8.13. The van der Waals surface area contributed by atoms with Gasteiger partial charge in [0.2, 0.25) is 5.91 Å². The van der Waals surface area contributed by atoms with Crippen molar-refractivity contribution in [3.8, 4) is 0 Å². The Balaban J connectivity index is 1.85. The van der Waals surface area contributed by atoms with E-state index >= 15 is 0 Å². The molecule has 0 aliphatic carbocycles. The van der Waals surface area contributed by atoms with Crippen molar-refractivity contribution < 1.29 is 64.6 Å². The van der Waals surface area contributed by atoms with Gasteiger partial charge in [0.05, 0.1) is 32.0 Å². The molecular formula is C50H91NO13. The molecule has 2 fully saturated rings. The minimum Gasteiger partial charge on any atom is -0.394 e. The molecule has 0 bridgehead atoms. The van der Waals surface area contributed by atoms with Crippen LogP contribution in [0.4, 0.5) is 0 Å². The van der Waals surface area contributed by atoms with Gasteiger partial charge in [-0.25, -0.2) is 0 Å². The summed E-state index contributed by atoms with van der Waals surface area (Å²) in [5, 5.41) is 86.6. The summed E-state index contributed by atoms with van der Waals surface area (Å²) >= 11 is 0. The molecule has 0 aromatic rings. The van der Waals surface area contributed by atoms with Gasteiger partial charge in [0.25, 0.3) is 0 Å². The Hall–Kier alpha value is -1.79.